The number of thiophene rings is 1. The predicted molar refractivity (Wildman–Crippen MR) is 127 cm³/mol. The lowest BCUT2D eigenvalue weighted by molar-refractivity contribution is -0.140. The number of amides is 1. The van der Waals surface area contributed by atoms with Crippen LogP contribution in [0.2, 0.25) is 0 Å². The second kappa shape index (κ2) is 11.0. The Balaban J connectivity index is 1.61. The number of likely N-dealkylation sites (tertiary alicyclic amines) is 1. The number of ketones is 1. The normalized spacial score (nSPS) is 21.0. The Morgan fingerprint density at radius 3 is 2.73 bits per heavy atom. The van der Waals surface area contributed by atoms with Crippen LogP contribution >= 0.6 is 11.3 Å². The predicted octanol–water partition coefficient (Wildman–Crippen LogP) is 3.68. The maximum atomic E-state index is 13.1. The first-order valence-electron chi connectivity index (χ1n) is 11.4. The van der Waals surface area contributed by atoms with Crippen LogP contribution in [0, 0.1) is 0 Å². The van der Waals surface area contributed by atoms with E-state index in [1.165, 1.54) is 11.3 Å². The summed E-state index contributed by atoms with van der Waals surface area (Å²) in [5, 5.41) is 13.1. The van der Waals surface area contributed by atoms with Gasteiger partial charge in [-0.3, -0.25) is 14.5 Å². The van der Waals surface area contributed by atoms with E-state index in [-0.39, 0.29) is 11.3 Å². The maximum Gasteiger partial charge on any atom is 0.295 e. The van der Waals surface area contributed by atoms with Gasteiger partial charge in [-0.05, 0) is 36.4 Å². The summed E-state index contributed by atoms with van der Waals surface area (Å²) < 4.78 is 11.1. The van der Waals surface area contributed by atoms with Crippen LogP contribution < -0.4 is 4.74 Å². The Labute approximate surface area is 198 Å². The lowest BCUT2D eigenvalue weighted by Gasteiger charge is -2.28. The molecule has 0 radical (unpaired) electrons. The van der Waals surface area contributed by atoms with Gasteiger partial charge in [0.2, 0.25) is 0 Å². The second-order valence-corrected chi connectivity index (χ2v) is 9.17. The largest absolute Gasteiger partial charge is 0.507 e. The van der Waals surface area contributed by atoms with Gasteiger partial charge in [0, 0.05) is 36.6 Å². The van der Waals surface area contributed by atoms with Crippen molar-refractivity contribution in [1.29, 1.82) is 0 Å². The molecule has 1 N–H and O–H groups in total. The van der Waals surface area contributed by atoms with Gasteiger partial charge in [-0.15, -0.1) is 11.3 Å². The molecule has 2 aromatic rings. The summed E-state index contributed by atoms with van der Waals surface area (Å²) in [5.74, 6) is -0.745. The number of aliphatic hydroxyl groups excluding tert-OH is 1. The third-order valence-corrected chi connectivity index (χ3v) is 6.83. The van der Waals surface area contributed by atoms with Crippen molar-refractivity contribution in [3.8, 4) is 5.75 Å². The molecule has 3 heterocycles. The van der Waals surface area contributed by atoms with E-state index in [1.807, 2.05) is 30.5 Å². The number of carbonyl (C=O) groups is 2. The first-order valence-corrected chi connectivity index (χ1v) is 12.3. The molecule has 1 amide bonds. The summed E-state index contributed by atoms with van der Waals surface area (Å²) in [5.41, 5.74) is 0.609. The molecule has 2 saturated heterocycles. The van der Waals surface area contributed by atoms with Crippen molar-refractivity contribution in [3.05, 3.63) is 57.8 Å². The molecule has 0 saturated carbocycles. The van der Waals surface area contributed by atoms with Crippen molar-refractivity contribution in [1.82, 2.24) is 9.80 Å². The molecule has 2 fully saturated rings. The van der Waals surface area contributed by atoms with E-state index in [1.54, 1.807) is 23.1 Å². The molecule has 1 aromatic heterocycles. The molecule has 1 unspecified atom stereocenters. The van der Waals surface area contributed by atoms with Gasteiger partial charge in [-0.25, -0.2) is 0 Å². The number of aliphatic hydroxyl groups is 1. The first kappa shape index (κ1) is 23.5. The highest BCUT2D eigenvalue weighted by atomic mass is 32.1. The van der Waals surface area contributed by atoms with Gasteiger partial charge < -0.3 is 19.5 Å². The van der Waals surface area contributed by atoms with Gasteiger partial charge in [0.25, 0.3) is 11.7 Å². The molecule has 33 heavy (non-hydrogen) atoms. The molecule has 2 aliphatic rings. The van der Waals surface area contributed by atoms with E-state index in [9.17, 15) is 14.7 Å². The van der Waals surface area contributed by atoms with Crippen molar-refractivity contribution in [2.75, 3.05) is 46.0 Å². The molecular formula is C25H30N2O5S. The lowest BCUT2D eigenvalue weighted by atomic mass is 9.99. The molecule has 2 aliphatic heterocycles. The highest BCUT2D eigenvalue weighted by molar-refractivity contribution is 7.10. The molecule has 4 rings (SSSR count). The zero-order valence-corrected chi connectivity index (χ0v) is 19.7. The number of ether oxygens (including phenoxy) is 2. The van der Waals surface area contributed by atoms with E-state index in [4.69, 9.17) is 9.47 Å². The SMILES string of the molecule is CCCOc1cccc(C(O)=C2C(=O)C(=O)N(CCCN3CCOCC3)C2c2cccs2)c1. The molecule has 8 heteroatoms. The zero-order chi connectivity index (χ0) is 23.2. The minimum Gasteiger partial charge on any atom is -0.507 e. The fourth-order valence-electron chi connectivity index (χ4n) is 4.25. The van der Waals surface area contributed by atoms with Gasteiger partial charge in [-0.1, -0.05) is 25.1 Å². The van der Waals surface area contributed by atoms with Crippen LogP contribution in [0.15, 0.2) is 47.4 Å². The molecule has 0 bridgehead atoms. The van der Waals surface area contributed by atoms with Crippen LogP contribution in [-0.2, 0) is 14.3 Å². The minimum atomic E-state index is -0.642. The van der Waals surface area contributed by atoms with Crippen molar-refractivity contribution in [2.24, 2.45) is 0 Å². The standard InChI is InChI=1S/C25H30N2O5S/c1-2-13-32-19-7-3-6-18(17-19)23(28)21-22(20-8-4-16-33-20)27(25(30)24(21)29)10-5-9-26-11-14-31-15-12-26/h3-4,6-8,16-17,22,28H,2,5,9-15H2,1H3. The highest BCUT2D eigenvalue weighted by Crippen LogP contribution is 2.41. The van der Waals surface area contributed by atoms with Gasteiger partial charge in [-0.2, -0.15) is 0 Å². The number of hydrogen-bond acceptors (Lipinski definition) is 7. The monoisotopic (exact) mass is 470 g/mol. The summed E-state index contributed by atoms with van der Waals surface area (Å²) >= 11 is 1.48. The quantitative estimate of drug-likeness (QED) is 0.342. The Morgan fingerprint density at radius 1 is 1.18 bits per heavy atom. The Hall–Kier alpha value is -2.68. The Bertz CT molecular complexity index is 998. The topological polar surface area (TPSA) is 79.3 Å². The first-order chi connectivity index (χ1) is 16.1. The zero-order valence-electron chi connectivity index (χ0n) is 18.9. The van der Waals surface area contributed by atoms with Crippen molar-refractivity contribution < 1.29 is 24.2 Å². The summed E-state index contributed by atoms with van der Waals surface area (Å²) in [6.45, 7) is 7.06. The molecular weight excluding hydrogens is 440 g/mol. The van der Waals surface area contributed by atoms with E-state index in [2.05, 4.69) is 4.90 Å². The van der Waals surface area contributed by atoms with Gasteiger partial charge in [0.15, 0.2) is 0 Å². The minimum absolute atomic E-state index is 0.140. The number of morpholine rings is 1. The average Bonchev–Trinajstić information content (AvgIpc) is 3.46. The third-order valence-electron chi connectivity index (χ3n) is 5.91. The van der Waals surface area contributed by atoms with Crippen LogP contribution in [0.25, 0.3) is 5.76 Å². The third kappa shape index (κ3) is 5.29. The van der Waals surface area contributed by atoms with E-state index in [0.717, 1.165) is 50.6 Å². The number of Topliss-reactive ketones (excluding diaryl/α,β-unsaturated/α-hetero) is 1. The van der Waals surface area contributed by atoms with Gasteiger partial charge in [0.05, 0.1) is 31.4 Å². The molecule has 0 spiro atoms. The smallest absolute Gasteiger partial charge is 0.295 e. The van der Waals surface area contributed by atoms with Crippen LogP contribution in [0.5, 0.6) is 5.75 Å². The highest BCUT2D eigenvalue weighted by Gasteiger charge is 2.46. The average molecular weight is 471 g/mol. The van der Waals surface area contributed by atoms with Crippen molar-refractivity contribution >= 4 is 28.8 Å². The Kier molecular flexibility index (Phi) is 7.80. The van der Waals surface area contributed by atoms with Crippen LogP contribution in [0.3, 0.4) is 0 Å². The number of rotatable bonds is 9. The number of carbonyl (C=O) groups excluding carboxylic acids is 2. The molecule has 1 aromatic carbocycles. The van der Waals surface area contributed by atoms with Crippen LogP contribution in [-0.4, -0.2) is 72.6 Å². The van der Waals surface area contributed by atoms with E-state index < -0.39 is 17.7 Å². The fraction of sp³-hybridized carbons (Fsp3) is 0.440. The molecule has 0 aliphatic carbocycles. The molecule has 176 valence electrons. The number of nitrogens with zero attached hydrogens (tertiary/aromatic N) is 2. The maximum absolute atomic E-state index is 13.1. The number of hydrogen-bond donors (Lipinski definition) is 1. The van der Waals surface area contributed by atoms with Crippen LogP contribution in [0.1, 0.15) is 36.2 Å². The Morgan fingerprint density at radius 2 is 2.00 bits per heavy atom. The van der Waals surface area contributed by atoms with E-state index in [0.29, 0.717) is 24.5 Å². The molecule has 7 nitrogen and oxygen atoms in total. The van der Waals surface area contributed by atoms with Gasteiger partial charge >= 0.3 is 0 Å². The summed E-state index contributed by atoms with van der Waals surface area (Å²) in [4.78, 5) is 30.9. The lowest BCUT2D eigenvalue weighted by Crippen LogP contribution is -2.38. The summed E-state index contributed by atoms with van der Waals surface area (Å²) in [6, 6.07) is 10.2. The number of benzene rings is 1. The fourth-order valence-corrected chi connectivity index (χ4v) is 5.10. The summed E-state index contributed by atoms with van der Waals surface area (Å²) in [6.07, 6.45) is 1.61. The van der Waals surface area contributed by atoms with E-state index >= 15 is 0 Å². The second-order valence-electron chi connectivity index (χ2n) is 8.19. The van der Waals surface area contributed by atoms with Crippen LogP contribution in [0.4, 0.5) is 0 Å². The van der Waals surface area contributed by atoms with Crippen molar-refractivity contribution in [2.45, 2.75) is 25.8 Å². The molecule has 1 atom stereocenters. The van der Waals surface area contributed by atoms with Crippen molar-refractivity contribution in [3.63, 3.8) is 0 Å². The summed E-state index contributed by atoms with van der Waals surface area (Å²) in [7, 11) is 0. The van der Waals surface area contributed by atoms with Gasteiger partial charge in [0.1, 0.15) is 11.5 Å².